The minimum atomic E-state index is -4.22. The number of halogens is 1. The van der Waals surface area contributed by atoms with Gasteiger partial charge < -0.3 is 14.2 Å². The molecule has 36 heavy (non-hydrogen) atoms. The molecule has 0 unspecified atom stereocenters. The number of benzene rings is 3. The van der Waals surface area contributed by atoms with E-state index in [1.807, 2.05) is 0 Å². The van der Waals surface area contributed by atoms with Crippen molar-refractivity contribution in [2.24, 2.45) is 0 Å². The third kappa shape index (κ3) is 6.38. The highest BCUT2D eigenvalue weighted by atomic mass is 35.5. The van der Waals surface area contributed by atoms with Gasteiger partial charge in [0.05, 0.1) is 16.6 Å². The van der Waals surface area contributed by atoms with Crippen molar-refractivity contribution in [3.05, 3.63) is 93.0 Å². The van der Waals surface area contributed by atoms with Crippen LogP contribution in [0.4, 0.5) is 11.4 Å². The van der Waals surface area contributed by atoms with Gasteiger partial charge in [-0.1, -0.05) is 35.9 Å². The van der Waals surface area contributed by atoms with Crippen molar-refractivity contribution < 1.29 is 27.1 Å². The van der Waals surface area contributed by atoms with Gasteiger partial charge in [0.1, 0.15) is 16.5 Å². The third-order valence-electron chi connectivity index (χ3n) is 4.55. The van der Waals surface area contributed by atoms with E-state index >= 15 is 0 Å². The molecule has 0 heterocycles. The maximum atomic E-state index is 12.7. The van der Waals surface area contributed by atoms with E-state index in [4.69, 9.17) is 20.5 Å². The van der Waals surface area contributed by atoms with Crippen molar-refractivity contribution in [3.63, 3.8) is 0 Å². The second kappa shape index (κ2) is 11.4. The fraction of sp³-hybridized carbons (Fsp3) is 0.0833. The Kier molecular flexibility index (Phi) is 8.26. The summed E-state index contributed by atoms with van der Waals surface area (Å²) in [6, 6.07) is 17.1. The lowest BCUT2D eigenvalue weighted by Crippen LogP contribution is -2.13. The van der Waals surface area contributed by atoms with E-state index in [2.05, 4.69) is 5.32 Å². The molecule has 0 radical (unpaired) electrons. The molecule has 0 aliphatic heterocycles. The van der Waals surface area contributed by atoms with Gasteiger partial charge in [-0.25, -0.2) is 0 Å². The molecular formula is C24H18ClN3O7S. The molecular weight excluding hydrogens is 510 g/mol. The Labute approximate surface area is 211 Å². The molecule has 12 heteroatoms. The number of anilines is 1. The molecule has 1 amide bonds. The number of nitrogens with one attached hydrogen (secondary N) is 1. The van der Waals surface area contributed by atoms with Crippen LogP contribution >= 0.6 is 11.6 Å². The second-order valence-electron chi connectivity index (χ2n) is 7.04. The average Bonchev–Trinajstić information content (AvgIpc) is 2.85. The Morgan fingerprint density at radius 3 is 2.53 bits per heavy atom. The Balaban J connectivity index is 1.93. The van der Waals surface area contributed by atoms with Gasteiger partial charge in [0.2, 0.25) is 5.75 Å². The minimum Gasteiger partial charge on any atom is -0.490 e. The number of rotatable bonds is 9. The first kappa shape index (κ1) is 26.2. The van der Waals surface area contributed by atoms with Crippen molar-refractivity contribution >= 4 is 45.1 Å². The van der Waals surface area contributed by atoms with Crippen molar-refractivity contribution in [2.75, 3.05) is 11.9 Å². The van der Waals surface area contributed by atoms with E-state index in [9.17, 15) is 28.6 Å². The molecule has 0 aliphatic carbocycles. The van der Waals surface area contributed by atoms with E-state index in [0.717, 1.165) is 6.07 Å². The molecule has 1 N–H and O–H groups in total. The molecule has 0 bridgehead atoms. The predicted molar refractivity (Wildman–Crippen MR) is 132 cm³/mol. The van der Waals surface area contributed by atoms with Crippen LogP contribution in [0.15, 0.2) is 77.2 Å². The summed E-state index contributed by atoms with van der Waals surface area (Å²) in [6.07, 6.45) is 1.20. The number of amides is 1. The molecule has 0 atom stereocenters. The monoisotopic (exact) mass is 527 g/mol. The number of carbonyl (C=O) groups excluding carboxylic acids is 1. The molecule has 3 aromatic rings. The van der Waals surface area contributed by atoms with E-state index in [1.165, 1.54) is 60.7 Å². The van der Waals surface area contributed by atoms with Crippen LogP contribution in [0.1, 0.15) is 12.5 Å². The highest BCUT2D eigenvalue weighted by Gasteiger charge is 2.22. The van der Waals surface area contributed by atoms with E-state index < -0.39 is 20.9 Å². The van der Waals surface area contributed by atoms with Crippen molar-refractivity contribution in [3.8, 4) is 17.6 Å². The molecule has 184 valence electrons. The number of nitro benzene ring substituents is 1. The summed E-state index contributed by atoms with van der Waals surface area (Å²) in [5.74, 6) is -1.09. The standard InChI is InChI=1S/C24H18ClN3O7S/c1-2-34-22-13-16(12-21(25)23(22)35-36(32,33)20-9-4-3-5-10-20)11-17(15-26)24(29)27-18-7-6-8-19(14-18)28(30)31/h3-14H,2H2,1H3,(H,27,29)/b17-11+. The Morgan fingerprint density at radius 1 is 1.17 bits per heavy atom. The van der Waals surface area contributed by atoms with Crippen LogP contribution in [-0.2, 0) is 14.9 Å². The maximum Gasteiger partial charge on any atom is 0.339 e. The zero-order valence-electron chi connectivity index (χ0n) is 18.7. The van der Waals surface area contributed by atoms with Gasteiger partial charge in [0, 0.05) is 17.8 Å². The fourth-order valence-electron chi connectivity index (χ4n) is 2.97. The van der Waals surface area contributed by atoms with Gasteiger partial charge >= 0.3 is 10.1 Å². The van der Waals surface area contributed by atoms with Gasteiger partial charge in [0.15, 0.2) is 5.75 Å². The van der Waals surface area contributed by atoms with Crippen LogP contribution < -0.4 is 14.2 Å². The molecule has 0 fully saturated rings. The number of nitriles is 1. The van der Waals surface area contributed by atoms with Crippen LogP contribution in [0.3, 0.4) is 0 Å². The summed E-state index contributed by atoms with van der Waals surface area (Å²) >= 11 is 6.30. The van der Waals surface area contributed by atoms with E-state index in [-0.39, 0.29) is 50.5 Å². The zero-order chi connectivity index (χ0) is 26.3. The first-order valence-corrected chi connectivity index (χ1v) is 12.1. The predicted octanol–water partition coefficient (Wildman–Crippen LogP) is 4.96. The summed E-state index contributed by atoms with van der Waals surface area (Å²) < 4.78 is 36.1. The molecule has 3 rings (SSSR count). The summed E-state index contributed by atoms with van der Waals surface area (Å²) in [5.41, 5.74) is -0.202. The zero-order valence-corrected chi connectivity index (χ0v) is 20.2. The lowest BCUT2D eigenvalue weighted by atomic mass is 10.1. The first-order chi connectivity index (χ1) is 17.1. The first-order valence-electron chi connectivity index (χ1n) is 10.3. The van der Waals surface area contributed by atoms with E-state index in [1.54, 1.807) is 19.1 Å². The van der Waals surface area contributed by atoms with Crippen LogP contribution in [-0.4, -0.2) is 25.9 Å². The van der Waals surface area contributed by atoms with Crippen LogP contribution in [0.2, 0.25) is 5.02 Å². The lowest BCUT2D eigenvalue weighted by molar-refractivity contribution is -0.384. The van der Waals surface area contributed by atoms with Crippen LogP contribution in [0.25, 0.3) is 6.08 Å². The molecule has 0 saturated heterocycles. The quantitative estimate of drug-likeness (QED) is 0.135. The SMILES string of the molecule is CCOc1cc(/C=C(\C#N)C(=O)Nc2cccc([N+](=O)[O-])c2)cc(Cl)c1OS(=O)(=O)c1ccccc1. The normalized spacial score (nSPS) is 11.3. The number of nitro groups is 1. The Hall–Kier alpha value is -4.40. The molecule has 0 saturated carbocycles. The number of non-ortho nitro benzene ring substituents is 1. The minimum absolute atomic E-state index is 0.0212. The molecule has 3 aromatic carbocycles. The third-order valence-corrected chi connectivity index (χ3v) is 6.06. The second-order valence-corrected chi connectivity index (χ2v) is 9.00. The van der Waals surface area contributed by atoms with Gasteiger partial charge in [-0.05, 0) is 48.9 Å². The van der Waals surface area contributed by atoms with E-state index in [0.29, 0.717) is 0 Å². The van der Waals surface area contributed by atoms with Crippen LogP contribution in [0.5, 0.6) is 11.5 Å². The van der Waals surface area contributed by atoms with Gasteiger partial charge in [-0.3, -0.25) is 14.9 Å². The van der Waals surface area contributed by atoms with Gasteiger partial charge in [-0.2, -0.15) is 13.7 Å². The average molecular weight is 528 g/mol. The molecule has 0 aliphatic rings. The smallest absolute Gasteiger partial charge is 0.339 e. The summed E-state index contributed by atoms with van der Waals surface area (Å²) in [4.78, 5) is 22.8. The number of hydrogen-bond acceptors (Lipinski definition) is 8. The van der Waals surface area contributed by atoms with Crippen molar-refractivity contribution in [1.82, 2.24) is 0 Å². The number of ether oxygens (including phenoxy) is 1. The fourth-order valence-corrected chi connectivity index (χ4v) is 4.25. The summed E-state index contributed by atoms with van der Waals surface area (Å²) in [6.45, 7) is 1.81. The van der Waals surface area contributed by atoms with Crippen molar-refractivity contribution in [1.29, 1.82) is 5.26 Å². The van der Waals surface area contributed by atoms with Gasteiger partial charge in [0.25, 0.3) is 11.6 Å². The number of nitrogens with zero attached hydrogens (tertiary/aromatic N) is 2. The maximum absolute atomic E-state index is 12.7. The molecule has 0 spiro atoms. The Bertz CT molecular complexity index is 1480. The highest BCUT2D eigenvalue weighted by molar-refractivity contribution is 7.87. The lowest BCUT2D eigenvalue weighted by Gasteiger charge is -2.14. The topological polar surface area (TPSA) is 149 Å². The molecule has 0 aromatic heterocycles. The molecule has 10 nitrogen and oxygen atoms in total. The van der Waals surface area contributed by atoms with Gasteiger partial charge in [-0.15, -0.1) is 0 Å². The van der Waals surface area contributed by atoms with Crippen molar-refractivity contribution in [2.45, 2.75) is 11.8 Å². The van der Waals surface area contributed by atoms with Crippen LogP contribution in [0, 0.1) is 21.4 Å². The summed E-state index contributed by atoms with van der Waals surface area (Å²) in [7, 11) is -4.22. The highest BCUT2D eigenvalue weighted by Crippen LogP contribution is 2.39. The number of carbonyl (C=O) groups is 1. The number of hydrogen-bond donors (Lipinski definition) is 1. The summed E-state index contributed by atoms with van der Waals surface area (Å²) in [5, 5.41) is 22.7. The largest absolute Gasteiger partial charge is 0.490 e. The Morgan fingerprint density at radius 2 is 1.89 bits per heavy atom.